The van der Waals surface area contributed by atoms with Gasteiger partial charge in [0.15, 0.2) is 5.65 Å². The lowest BCUT2D eigenvalue weighted by molar-refractivity contribution is 0.415. The summed E-state index contributed by atoms with van der Waals surface area (Å²) in [6.07, 6.45) is 5.89. The number of hydrogen-bond donors (Lipinski definition) is 1. The minimum atomic E-state index is 0.523. The predicted molar refractivity (Wildman–Crippen MR) is 126 cm³/mol. The molecule has 5 aromatic heterocycles. The van der Waals surface area contributed by atoms with E-state index in [-0.39, 0.29) is 0 Å². The van der Waals surface area contributed by atoms with Crippen LogP contribution in [0.5, 0.6) is 5.75 Å². The van der Waals surface area contributed by atoms with E-state index in [1.807, 2.05) is 67.3 Å². The fraction of sp³-hybridized carbons (Fsp3) is 0.125. The van der Waals surface area contributed by atoms with Gasteiger partial charge in [0.1, 0.15) is 17.2 Å². The summed E-state index contributed by atoms with van der Waals surface area (Å²) in [7, 11) is 5.67. The maximum Gasteiger partial charge on any atom is 0.158 e. The molecule has 0 aliphatic carbocycles. The quantitative estimate of drug-likeness (QED) is 0.464. The normalized spacial score (nSPS) is 11.7. The van der Waals surface area contributed by atoms with Crippen molar-refractivity contribution in [2.24, 2.45) is 14.1 Å². The number of ether oxygens (including phenoxy) is 1. The molecule has 0 radical (unpaired) electrons. The van der Waals surface area contributed by atoms with Crippen LogP contribution in [-0.2, 0) is 14.1 Å². The highest BCUT2D eigenvalue weighted by Crippen LogP contribution is 2.34. The molecule has 0 aliphatic heterocycles. The van der Waals surface area contributed by atoms with Gasteiger partial charge in [-0.1, -0.05) is 0 Å². The fourth-order valence-electron chi connectivity index (χ4n) is 4.39. The lowest BCUT2D eigenvalue weighted by Crippen LogP contribution is -2.01. The molecule has 0 saturated carbocycles. The number of nitrogens with two attached hydrogens (primary N) is 1. The Kier molecular flexibility index (Phi) is 3.79. The summed E-state index contributed by atoms with van der Waals surface area (Å²) in [6, 6.07) is 13.8. The maximum atomic E-state index is 6.41. The van der Waals surface area contributed by atoms with Crippen molar-refractivity contribution in [1.29, 1.82) is 0 Å². The number of methoxy groups -OCH3 is 1. The minimum absolute atomic E-state index is 0.523. The molecule has 0 spiro atoms. The van der Waals surface area contributed by atoms with Gasteiger partial charge >= 0.3 is 0 Å². The summed E-state index contributed by atoms with van der Waals surface area (Å²) in [5, 5.41) is 6.86. The molecular weight excluding hydrogens is 402 g/mol. The Morgan fingerprint density at radius 3 is 2.56 bits per heavy atom. The van der Waals surface area contributed by atoms with Crippen LogP contribution in [0.25, 0.3) is 50.1 Å². The molecule has 0 saturated heterocycles. The van der Waals surface area contributed by atoms with Gasteiger partial charge in [-0.25, -0.2) is 9.97 Å². The Morgan fingerprint density at radius 1 is 0.906 bits per heavy atom. The van der Waals surface area contributed by atoms with Crippen LogP contribution >= 0.6 is 0 Å². The van der Waals surface area contributed by atoms with Gasteiger partial charge in [-0.05, 0) is 30.3 Å². The van der Waals surface area contributed by atoms with Crippen molar-refractivity contribution in [3.8, 4) is 28.3 Å². The zero-order chi connectivity index (χ0) is 22.0. The third kappa shape index (κ3) is 2.59. The van der Waals surface area contributed by atoms with Gasteiger partial charge in [0.2, 0.25) is 0 Å². The van der Waals surface area contributed by atoms with Gasteiger partial charge in [0, 0.05) is 72.2 Å². The van der Waals surface area contributed by atoms with E-state index in [9.17, 15) is 0 Å². The molecule has 32 heavy (non-hydrogen) atoms. The highest BCUT2D eigenvalue weighted by Gasteiger charge is 2.17. The third-order valence-corrected chi connectivity index (χ3v) is 5.94. The van der Waals surface area contributed by atoms with Crippen molar-refractivity contribution in [2.75, 3.05) is 12.8 Å². The van der Waals surface area contributed by atoms with Crippen molar-refractivity contribution >= 4 is 33.4 Å². The van der Waals surface area contributed by atoms with Crippen molar-refractivity contribution in [1.82, 2.24) is 28.7 Å². The molecule has 0 amide bonds. The van der Waals surface area contributed by atoms with Crippen molar-refractivity contribution in [3.05, 3.63) is 61.1 Å². The smallest absolute Gasteiger partial charge is 0.158 e. The molecule has 0 bridgehead atoms. The van der Waals surface area contributed by atoms with Crippen LogP contribution in [0.3, 0.4) is 0 Å². The first-order valence-corrected chi connectivity index (χ1v) is 10.2. The lowest BCUT2D eigenvalue weighted by atomic mass is 10.1. The molecule has 0 fully saturated rings. The van der Waals surface area contributed by atoms with Crippen LogP contribution in [0.15, 0.2) is 61.1 Å². The van der Waals surface area contributed by atoms with Crippen LogP contribution in [0.4, 0.5) is 5.82 Å². The van der Waals surface area contributed by atoms with Gasteiger partial charge in [0.25, 0.3) is 0 Å². The molecule has 158 valence electrons. The van der Waals surface area contributed by atoms with Gasteiger partial charge < -0.3 is 19.6 Å². The van der Waals surface area contributed by atoms with E-state index >= 15 is 0 Å². The van der Waals surface area contributed by atoms with E-state index in [0.29, 0.717) is 11.5 Å². The van der Waals surface area contributed by atoms with E-state index in [1.165, 1.54) is 0 Å². The number of benzene rings is 1. The Bertz CT molecular complexity index is 1650. The topological polar surface area (TPSA) is 88.2 Å². The number of rotatable bonds is 3. The minimum Gasteiger partial charge on any atom is -0.497 e. The summed E-state index contributed by atoms with van der Waals surface area (Å²) in [5.41, 5.74) is 12.7. The number of nitrogen functional groups attached to an aromatic ring is 1. The molecule has 2 N–H and O–H groups in total. The van der Waals surface area contributed by atoms with E-state index in [0.717, 1.165) is 50.2 Å². The molecule has 1 aromatic carbocycles. The van der Waals surface area contributed by atoms with E-state index in [4.69, 9.17) is 20.6 Å². The van der Waals surface area contributed by atoms with Crippen LogP contribution in [-0.4, -0.2) is 35.8 Å². The summed E-state index contributed by atoms with van der Waals surface area (Å²) in [6.45, 7) is 0. The van der Waals surface area contributed by atoms with Gasteiger partial charge in [0.05, 0.1) is 18.5 Å². The average Bonchev–Trinajstić information content (AvgIpc) is 3.48. The third-order valence-electron chi connectivity index (χ3n) is 5.94. The fourth-order valence-corrected chi connectivity index (χ4v) is 4.39. The molecule has 0 aliphatic rings. The molecule has 6 aromatic rings. The zero-order valence-electron chi connectivity index (χ0n) is 17.9. The second-order valence-corrected chi connectivity index (χ2v) is 7.93. The van der Waals surface area contributed by atoms with Gasteiger partial charge in [-0.2, -0.15) is 9.61 Å². The zero-order valence-corrected chi connectivity index (χ0v) is 17.9. The molecule has 0 atom stereocenters. The number of aryl methyl sites for hydroxylation is 2. The number of pyridine rings is 1. The largest absolute Gasteiger partial charge is 0.497 e. The monoisotopic (exact) mass is 423 g/mol. The van der Waals surface area contributed by atoms with Gasteiger partial charge in [-0.15, -0.1) is 0 Å². The lowest BCUT2D eigenvalue weighted by Gasteiger charge is -2.03. The molecule has 6 rings (SSSR count). The molecule has 8 nitrogen and oxygen atoms in total. The Morgan fingerprint density at radius 2 is 1.72 bits per heavy atom. The molecule has 0 unspecified atom stereocenters. The Balaban J connectivity index is 1.55. The summed E-state index contributed by atoms with van der Waals surface area (Å²) in [4.78, 5) is 9.36. The number of aromatic nitrogens is 6. The first-order chi connectivity index (χ1) is 15.5. The van der Waals surface area contributed by atoms with Crippen molar-refractivity contribution in [3.63, 3.8) is 0 Å². The summed E-state index contributed by atoms with van der Waals surface area (Å²) in [5.74, 6) is 1.33. The van der Waals surface area contributed by atoms with Gasteiger partial charge in [-0.3, -0.25) is 0 Å². The number of anilines is 1. The second-order valence-electron chi connectivity index (χ2n) is 7.93. The SMILES string of the molecule is COc1ccc2c(c1)c(-c1cc3nc(-c4cn(C)c5ncccc45)cc(N)n3n1)cn2C. The number of fused-ring (bicyclic) bond motifs is 3. The van der Waals surface area contributed by atoms with E-state index in [1.54, 1.807) is 17.8 Å². The Labute approximate surface area is 183 Å². The second kappa shape index (κ2) is 6.58. The highest BCUT2D eigenvalue weighted by molar-refractivity contribution is 5.97. The van der Waals surface area contributed by atoms with Crippen LogP contribution in [0.2, 0.25) is 0 Å². The highest BCUT2D eigenvalue weighted by atomic mass is 16.5. The average molecular weight is 423 g/mol. The van der Waals surface area contributed by atoms with E-state index in [2.05, 4.69) is 15.7 Å². The van der Waals surface area contributed by atoms with Crippen LogP contribution < -0.4 is 10.5 Å². The molecular formula is C24H21N7O. The first-order valence-electron chi connectivity index (χ1n) is 10.2. The summed E-state index contributed by atoms with van der Waals surface area (Å²) < 4.78 is 11.2. The molecule has 8 heteroatoms. The van der Waals surface area contributed by atoms with Crippen LogP contribution in [0.1, 0.15) is 0 Å². The van der Waals surface area contributed by atoms with E-state index < -0.39 is 0 Å². The van der Waals surface area contributed by atoms with Crippen molar-refractivity contribution < 1.29 is 4.74 Å². The number of nitrogens with zero attached hydrogens (tertiary/aromatic N) is 6. The predicted octanol–water partition coefficient (Wildman–Crippen LogP) is 4.03. The van der Waals surface area contributed by atoms with Crippen molar-refractivity contribution in [2.45, 2.75) is 0 Å². The Hall–Kier alpha value is -4.33. The summed E-state index contributed by atoms with van der Waals surface area (Å²) >= 11 is 0. The maximum absolute atomic E-state index is 6.41. The standard InChI is InChI=1S/C24H21N7O/c1-29-12-18(16-9-14(32-3)6-7-21(16)29)20-11-23-27-19(10-22(25)31(23)28-20)17-13-30(2)24-15(17)5-4-8-26-24/h4-13H,25H2,1-3H3. The number of hydrogen-bond acceptors (Lipinski definition) is 5. The molecule has 5 heterocycles. The first kappa shape index (κ1) is 18.4. The van der Waals surface area contributed by atoms with Crippen LogP contribution in [0, 0.1) is 0 Å².